The zero-order valence-electron chi connectivity index (χ0n) is 10.4. The lowest BCUT2D eigenvalue weighted by Crippen LogP contribution is -2.28. The number of aliphatic carboxylic acids is 1. The number of hydrogen-bond acceptors (Lipinski definition) is 3. The van der Waals surface area contributed by atoms with Gasteiger partial charge in [0.25, 0.3) is 0 Å². The van der Waals surface area contributed by atoms with Crippen molar-refractivity contribution >= 4 is 17.3 Å². The average molecular weight is 279 g/mol. The van der Waals surface area contributed by atoms with Crippen LogP contribution in [0.2, 0.25) is 0 Å². The minimum atomic E-state index is -1.01. The van der Waals surface area contributed by atoms with Crippen LogP contribution in [0.5, 0.6) is 0 Å². The largest absolute Gasteiger partial charge is 0.480 e. The molecule has 0 aliphatic carbocycles. The predicted molar refractivity (Wildman–Crippen MR) is 72.7 cm³/mol. The highest BCUT2D eigenvalue weighted by atomic mass is 32.1. The van der Waals surface area contributed by atoms with Crippen molar-refractivity contribution in [1.82, 2.24) is 5.32 Å². The van der Waals surface area contributed by atoms with Gasteiger partial charge in [-0.1, -0.05) is 12.1 Å². The summed E-state index contributed by atoms with van der Waals surface area (Å²) >= 11 is 1.55. The highest BCUT2D eigenvalue weighted by molar-refractivity contribution is 7.09. The molecule has 0 bridgehead atoms. The fourth-order valence-electron chi connectivity index (χ4n) is 1.87. The van der Waals surface area contributed by atoms with Gasteiger partial charge in [0.15, 0.2) is 0 Å². The van der Waals surface area contributed by atoms with E-state index in [0.29, 0.717) is 12.1 Å². The van der Waals surface area contributed by atoms with E-state index in [1.807, 2.05) is 17.5 Å². The van der Waals surface area contributed by atoms with E-state index < -0.39 is 17.8 Å². The molecule has 2 rings (SSSR count). The summed E-state index contributed by atoms with van der Waals surface area (Å²) in [4.78, 5) is 12.4. The molecule has 2 N–H and O–H groups in total. The highest BCUT2D eigenvalue weighted by Crippen LogP contribution is 2.20. The number of carbonyl (C=O) groups is 1. The van der Waals surface area contributed by atoms with Gasteiger partial charge in [-0.2, -0.15) is 0 Å². The van der Waals surface area contributed by atoms with Crippen molar-refractivity contribution in [2.75, 3.05) is 0 Å². The third-order valence-corrected chi connectivity index (χ3v) is 3.74. The van der Waals surface area contributed by atoms with Crippen LogP contribution in [0.1, 0.15) is 22.0 Å². The molecular formula is C14H14FNO2S. The van der Waals surface area contributed by atoms with Gasteiger partial charge >= 0.3 is 5.97 Å². The monoisotopic (exact) mass is 279 g/mol. The first-order valence-electron chi connectivity index (χ1n) is 5.82. The van der Waals surface area contributed by atoms with Gasteiger partial charge in [-0.15, -0.1) is 11.3 Å². The van der Waals surface area contributed by atoms with Crippen molar-refractivity contribution in [2.45, 2.75) is 19.5 Å². The molecule has 0 saturated carbocycles. The second kappa shape index (κ2) is 5.95. The van der Waals surface area contributed by atoms with Crippen LogP contribution in [0, 0.1) is 12.7 Å². The number of rotatable bonds is 5. The van der Waals surface area contributed by atoms with Crippen LogP contribution in [0.15, 0.2) is 35.7 Å². The Balaban J connectivity index is 2.20. The molecule has 2 aromatic rings. The summed E-state index contributed by atoms with van der Waals surface area (Å²) < 4.78 is 13.3. The second-order valence-electron chi connectivity index (χ2n) is 4.23. The topological polar surface area (TPSA) is 49.3 Å². The Hall–Kier alpha value is -1.72. The summed E-state index contributed by atoms with van der Waals surface area (Å²) in [6.45, 7) is 2.22. The van der Waals surface area contributed by atoms with Crippen molar-refractivity contribution in [3.05, 3.63) is 57.5 Å². The Labute approximate surface area is 114 Å². The molecule has 0 radical (unpaired) electrons. The van der Waals surface area contributed by atoms with Crippen LogP contribution in [-0.2, 0) is 11.3 Å². The minimum absolute atomic E-state index is 0.426. The Kier molecular flexibility index (Phi) is 4.29. The predicted octanol–water partition coefficient (Wildman–Crippen LogP) is 3.11. The Bertz CT molecular complexity index is 569. The first-order chi connectivity index (χ1) is 9.08. The van der Waals surface area contributed by atoms with E-state index >= 15 is 0 Å². The van der Waals surface area contributed by atoms with E-state index in [2.05, 4.69) is 5.32 Å². The second-order valence-corrected chi connectivity index (χ2v) is 5.26. The summed E-state index contributed by atoms with van der Waals surface area (Å²) in [5.41, 5.74) is 1.22. The molecule has 1 atom stereocenters. The Morgan fingerprint density at radius 2 is 2.26 bits per heavy atom. The third kappa shape index (κ3) is 3.39. The lowest BCUT2D eigenvalue weighted by molar-refractivity contribution is -0.139. The molecule has 0 fully saturated rings. The maximum absolute atomic E-state index is 13.3. The molecule has 1 aromatic carbocycles. The number of nitrogens with one attached hydrogen (secondary N) is 1. The summed E-state index contributed by atoms with van der Waals surface area (Å²) in [6, 6.07) is 7.12. The highest BCUT2D eigenvalue weighted by Gasteiger charge is 2.21. The molecule has 3 nitrogen and oxygen atoms in total. The van der Waals surface area contributed by atoms with Gasteiger partial charge in [0.2, 0.25) is 0 Å². The van der Waals surface area contributed by atoms with Crippen LogP contribution in [0.3, 0.4) is 0 Å². The molecule has 100 valence electrons. The lowest BCUT2D eigenvalue weighted by Gasteiger charge is -2.16. The van der Waals surface area contributed by atoms with Crippen LogP contribution >= 0.6 is 11.3 Å². The van der Waals surface area contributed by atoms with Crippen molar-refractivity contribution in [1.29, 1.82) is 0 Å². The van der Waals surface area contributed by atoms with Crippen LogP contribution in [-0.4, -0.2) is 11.1 Å². The standard InChI is InChI=1S/C14H14FNO2S/c1-9-4-5-10(15)7-12(9)13(14(17)18)16-8-11-3-2-6-19-11/h2-7,13,16H,8H2,1H3,(H,17,18). The SMILES string of the molecule is Cc1ccc(F)cc1C(NCc1cccs1)C(=O)O. The van der Waals surface area contributed by atoms with Crippen molar-refractivity contribution in [3.63, 3.8) is 0 Å². The van der Waals surface area contributed by atoms with Crippen molar-refractivity contribution in [3.8, 4) is 0 Å². The number of hydrogen-bond donors (Lipinski definition) is 2. The minimum Gasteiger partial charge on any atom is -0.480 e. The van der Waals surface area contributed by atoms with E-state index in [1.54, 1.807) is 24.3 Å². The van der Waals surface area contributed by atoms with Gasteiger partial charge in [0.1, 0.15) is 11.9 Å². The van der Waals surface area contributed by atoms with E-state index in [9.17, 15) is 14.3 Å². The van der Waals surface area contributed by atoms with Gasteiger partial charge in [0, 0.05) is 11.4 Å². The third-order valence-electron chi connectivity index (χ3n) is 2.86. The normalized spacial score (nSPS) is 12.3. The zero-order chi connectivity index (χ0) is 13.8. The van der Waals surface area contributed by atoms with Crippen molar-refractivity contribution in [2.24, 2.45) is 0 Å². The van der Waals surface area contributed by atoms with Crippen LogP contribution in [0.25, 0.3) is 0 Å². The molecule has 5 heteroatoms. The number of halogens is 1. The van der Waals surface area contributed by atoms with Gasteiger partial charge in [0.05, 0.1) is 0 Å². The molecular weight excluding hydrogens is 265 g/mol. The van der Waals surface area contributed by atoms with E-state index in [4.69, 9.17) is 0 Å². The van der Waals surface area contributed by atoms with E-state index in [0.717, 1.165) is 10.4 Å². The molecule has 0 saturated heterocycles. The van der Waals surface area contributed by atoms with Gasteiger partial charge in [-0.05, 0) is 41.6 Å². The number of aryl methyl sites for hydroxylation is 1. The molecule has 0 aliphatic rings. The van der Waals surface area contributed by atoms with E-state index in [-0.39, 0.29) is 0 Å². The molecule has 0 spiro atoms. The maximum Gasteiger partial charge on any atom is 0.325 e. The number of carboxylic acids is 1. The van der Waals surface area contributed by atoms with Gasteiger partial charge < -0.3 is 5.11 Å². The van der Waals surface area contributed by atoms with Gasteiger partial charge in [-0.25, -0.2) is 4.39 Å². The Morgan fingerprint density at radius 3 is 2.89 bits per heavy atom. The van der Waals surface area contributed by atoms with E-state index in [1.165, 1.54) is 12.1 Å². The van der Waals surface area contributed by atoms with Gasteiger partial charge in [-0.3, -0.25) is 10.1 Å². The fourth-order valence-corrected chi connectivity index (χ4v) is 2.52. The first-order valence-corrected chi connectivity index (χ1v) is 6.70. The Morgan fingerprint density at radius 1 is 1.47 bits per heavy atom. The first kappa shape index (κ1) is 13.7. The molecule has 0 aliphatic heterocycles. The van der Waals surface area contributed by atoms with Crippen molar-refractivity contribution < 1.29 is 14.3 Å². The number of thiophene rings is 1. The number of carboxylic acid groups (broad SMARTS) is 1. The van der Waals surface area contributed by atoms with Crippen LogP contribution < -0.4 is 5.32 Å². The fraction of sp³-hybridized carbons (Fsp3) is 0.214. The molecule has 1 unspecified atom stereocenters. The number of benzene rings is 1. The smallest absolute Gasteiger partial charge is 0.325 e. The molecule has 0 amide bonds. The maximum atomic E-state index is 13.3. The summed E-state index contributed by atoms with van der Waals surface area (Å²) in [5, 5.41) is 14.2. The summed E-state index contributed by atoms with van der Waals surface area (Å²) in [5.74, 6) is -1.44. The average Bonchev–Trinajstić information content (AvgIpc) is 2.86. The zero-order valence-corrected chi connectivity index (χ0v) is 11.2. The quantitative estimate of drug-likeness (QED) is 0.884. The van der Waals surface area contributed by atoms with Crippen LogP contribution in [0.4, 0.5) is 4.39 Å². The summed E-state index contributed by atoms with van der Waals surface area (Å²) in [6.07, 6.45) is 0. The summed E-state index contributed by atoms with van der Waals surface area (Å²) in [7, 11) is 0. The molecule has 19 heavy (non-hydrogen) atoms. The molecule has 1 heterocycles. The molecule has 1 aromatic heterocycles. The lowest BCUT2D eigenvalue weighted by atomic mass is 10.0.